The van der Waals surface area contributed by atoms with Crippen LogP contribution in [0.1, 0.15) is 11.3 Å². The predicted molar refractivity (Wildman–Crippen MR) is 153 cm³/mol. The summed E-state index contributed by atoms with van der Waals surface area (Å²) in [7, 11) is 1.93. The third-order valence-corrected chi connectivity index (χ3v) is 6.35. The van der Waals surface area contributed by atoms with Gasteiger partial charge >= 0.3 is 0 Å². The molecule has 192 valence electrons. The Morgan fingerprint density at radius 1 is 0.974 bits per heavy atom. The van der Waals surface area contributed by atoms with Gasteiger partial charge in [-0.3, -0.25) is 4.79 Å². The van der Waals surface area contributed by atoms with Crippen molar-refractivity contribution in [2.45, 2.75) is 6.92 Å². The Bertz CT molecular complexity index is 1850. The van der Waals surface area contributed by atoms with Crippen molar-refractivity contribution in [2.75, 3.05) is 10.6 Å². The van der Waals surface area contributed by atoms with Crippen LogP contribution in [0.2, 0.25) is 0 Å². The number of aromatic amines is 1. The first-order valence-electron chi connectivity index (χ1n) is 12.4. The summed E-state index contributed by atoms with van der Waals surface area (Å²) in [5, 5.41) is 7.08. The van der Waals surface area contributed by atoms with Crippen LogP contribution in [0, 0.1) is 6.92 Å². The van der Waals surface area contributed by atoms with Gasteiger partial charge in [0.25, 0.3) is 0 Å². The van der Waals surface area contributed by atoms with Crippen LogP contribution in [0.15, 0.2) is 91.7 Å². The lowest BCUT2D eigenvalue weighted by Gasteiger charge is -2.13. The molecule has 3 N–H and O–H groups in total. The molecule has 3 heterocycles. The number of amides is 1. The molecule has 6 aromatic rings. The highest BCUT2D eigenvalue weighted by Crippen LogP contribution is 2.31. The van der Waals surface area contributed by atoms with Crippen LogP contribution in [0.3, 0.4) is 0 Å². The number of ether oxygens (including phenoxy) is 1. The zero-order chi connectivity index (χ0) is 26.8. The topological polar surface area (TPSA) is 110 Å². The summed E-state index contributed by atoms with van der Waals surface area (Å²) in [4.78, 5) is 28.7. The lowest BCUT2D eigenvalue weighted by atomic mass is 10.1. The third kappa shape index (κ3) is 5.19. The summed E-state index contributed by atoms with van der Waals surface area (Å²) < 4.78 is 8.06. The fraction of sp³-hybridized carbons (Fsp3) is 0.0667. The van der Waals surface area contributed by atoms with Crippen molar-refractivity contribution < 1.29 is 9.53 Å². The van der Waals surface area contributed by atoms with Gasteiger partial charge in [-0.25, -0.2) is 15.0 Å². The number of imidazole rings is 1. The Kier molecular flexibility index (Phi) is 6.22. The van der Waals surface area contributed by atoms with E-state index in [2.05, 4.69) is 30.6 Å². The number of carbonyl (C=O) groups excluding carboxylic acids is 1. The molecule has 0 bridgehead atoms. The zero-order valence-electron chi connectivity index (χ0n) is 21.3. The van der Waals surface area contributed by atoms with Gasteiger partial charge in [-0.2, -0.15) is 0 Å². The number of carbonyl (C=O) groups is 1. The first-order chi connectivity index (χ1) is 19.0. The molecule has 9 nitrogen and oxygen atoms in total. The van der Waals surface area contributed by atoms with Crippen LogP contribution in [-0.4, -0.2) is 30.4 Å². The fourth-order valence-corrected chi connectivity index (χ4v) is 4.31. The molecule has 0 fully saturated rings. The molecule has 0 atom stereocenters. The van der Waals surface area contributed by atoms with Crippen LogP contribution >= 0.6 is 0 Å². The average Bonchev–Trinajstić information content (AvgIpc) is 3.57. The summed E-state index contributed by atoms with van der Waals surface area (Å²) in [5.74, 6) is 1.89. The van der Waals surface area contributed by atoms with Crippen molar-refractivity contribution in [3.05, 3.63) is 103 Å². The zero-order valence-corrected chi connectivity index (χ0v) is 21.3. The maximum absolute atomic E-state index is 12.5. The third-order valence-electron chi connectivity index (χ3n) is 6.35. The van der Waals surface area contributed by atoms with Crippen LogP contribution in [-0.2, 0) is 11.8 Å². The van der Waals surface area contributed by atoms with Crippen molar-refractivity contribution in [1.82, 2.24) is 24.5 Å². The Morgan fingerprint density at radius 2 is 1.85 bits per heavy atom. The summed E-state index contributed by atoms with van der Waals surface area (Å²) in [6.45, 7) is 1.99. The molecule has 0 aliphatic carbocycles. The Balaban J connectivity index is 1.19. The molecule has 0 aliphatic rings. The van der Waals surface area contributed by atoms with Gasteiger partial charge in [0.2, 0.25) is 5.91 Å². The van der Waals surface area contributed by atoms with Gasteiger partial charge in [0, 0.05) is 47.8 Å². The molecular weight excluding hydrogens is 490 g/mol. The molecule has 6 rings (SSSR count). The maximum Gasteiger partial charge on any atom is 0.248 e. The van der Waals surface area contributed by atoms with Crippen molar-refractivity contribution >= 4 is 51.1 Å². The summed E-state index contributed by atoms with van der Waals surface area (Å²) in [5.41, 5.74) is 5.97. The quantitative estimate of drug-likeness (QED) is 0.214. The van der Waals surface area contributed by atoms with E-state index in [0.717, 1.165) is 50.4 Å². The van der Waals surface area contributed by atoms with E-state index in [9.17, 15) is 4.79 Å². The molecule has 0 aliphatic heterocycles. The SMILES string of the molecule is Cc1cc(Nc2ncnc3ccc(NC(=O)/C=C/c4cccn4C)cc23)ccc1Oc1ccc2nc[nH]c2c1. The van der Waals surface area contributed by atoms with Crippen molar-refractivity contribution in [2.24, 2.45) is 7.05 Å². The van der Waals surface area contributed by atoms with E-state index in [1.54, 1.807) is 12.4 Å². The highest BCUT2D eigenvalue weighted by Gasteiger charge is 2.09. The second kappa shape index (κ2) is 10.1. The van der Waals surface area contributed by atoms with E-state index in [-0.39, 0.29) is 5.91 Å². The lowest BCUT2D eigenvalue weighted by Crippen LogP contribution is -2.08. The van der Waals surface area contributed by atoms with Crippen molar-refractivity contribution in [1.29, 1.82) is 0 Å². The van der Waals surface area contributed by atoms with Crippen LogP contribution in [0.25, 0.3) is 28.0 Å². The van der Waals surface area contributed by atoms with Crippen LogP contribution in [0.4, 0.5) is 17.2 Å². The molecule has 39 heavy (non-hydrogen) atoms. The Labute approximate surface area is 224 Å². The Morgan fingerprint density at radius 3 is 2.69 bits per heavy atom. The van der Waals surface area contributed by atoms with E-state index in [1.807, 2.05) is 91.5 Å². The first-order valence-corrected chi connectivity index (χ1v) is 12.4. The molecule has 0 spiro atoms. The largest absolute Gasteiger partial charge is 0.457 e. The molecule has 0 radical (unpaired) electrons. The molecule has 1 amide bonds. The summed E-state index contributed by atoms with van der Waals surface area (Å²) >= 11 is 0. The molecule has 9 heteroatoms. The molecule has 0 saturated heterocycles. The summed E-state index contributed by atoms with van der Waals surface area (Å²) in [6, 6.07) is 21.0. The van der Waals surface area contributed by atoms with Gasteiger partial charge in [-0.05, 0) is 79.2 Å². The number of rotatable bonds is 7. The van der Waals surface area contributed by atoms with E-state index in [4.69, 9.17) is 4.74 Å². The smallest absolute Gasteiger partial charge is 0.248 e. The lowest BCUT2D eigenvalue weighted by molar-refractivity contribution is -0.111. The highest BCUT2D eigenvalue weighted by atomic mass is 16.5. The number of benzene rings is 3. The van der Waals surface area contributed by atoms with Gasteiger partial charge < -0.3 is 24.9 Å². The monoisotopic (exact) mass is 515 g/mol. The number of H-pyrrole nitrogens is 1. The number of fused-ring (bicyclic) bond motifs is 2. The molecule has 0 saturated carbocycles. The van der Waals surface area contributed by atoms with E-state index in [0.29, 0.717) is 11.5 Å². The second-order valence-electron chi connectivity index (χ2n) is 9.11. The standard InChI is InChI=1S/C30H25N7O2/c1-19-14-20(6-11-28(19)39-23-8-10-26-27(16-23)33-17-32-26)36-30-24-15-21(5-9-25(24)31-18-34-30)35-29(38)12-7-22-4-3-13-37(22)2/h3-18H,1-2H3,(H,32,33)(H,35,38)(H,31,34,36)/b12-7+. The Hall–Kier alpha value is -5.44. The molecule has 3 aromatic heterocycles. The van der Waals surface area contributed by atoms with E-state index < -0.39 is 0 Å². The van der Waals surface area contributed by atoms with Gasteiger partial charge in [0.15, 0.2) is 0 Å². The normalized spacial score (nSPS) is 11.3. The number of aryl methyl sites for hydroxylation is 2. The second-order valence-corrected chi connectivity index (χ2v) is 9.11. The number of aromatic nitrogens is 5. The number of anilines is 3. The molecular formula is C30H25N7O2. The number of hydrogen-bond donors (Lipinski definition) is 3. The van der Waals surface area contributed by atoms with Gasteiger partial charge in [0.1, 0.15) is 23.6 Å². The minimum absolute atomic E-state index is 0.222. The highest BCUT2D eigenvalue weighted by molar-refractivity contribution is 6.03. The van der Waals surface area contributed by atoms with Crippen LogP contribution < -0.4 is 15.4 Å². The minimum Gasteiger partial charge on any atom is -0.457 e. The van der Waals surface area contributed by atoms with Gasteiger partial charge in [-0.1, -0.05) is 0 Å². The molecule has 0 unspecified atom stereocenters. The average molecular weight is 516 g/mol. The van der Waals surface area contributed by atoms with E-state index >= 15 is 0 Å². The van der Waals surface area contributed by atoms with Crippen molar-refractivity contribution in [3.8, 4) is 11.5 Å². The minimum atomic E-state index is -0.222. The van der Waals surface area contributed by atoms with Gasteiger partial charge in [0.05, 0.1) is 22.9 Å². The predicted octanol–water partition coefficient (Wildman–Crippen LogP) is 6.34. The summed E-state index contributed by atoms with van der Waals surface area (Å²) in [6.07, 6.45) is 8.40. The first kappa shape index (κ1) is 23.9. The van der Waals surface area contributed by atoms with Gasteiger partial charge in [-0.15, -0.1) is 0 Å². The number of nitrogens with one attached hydrogen (secondary N) is 3. The fourth-order valence-electron chi connectivity index (χ4n) is 4.31. The molecule has 3 aromatic carbocycles. The van der Waals surface area contributed by atoms with E-state index in [1.165, 1.54) is 12.4 Å². The number of nitrogens with zero attached hydrogens (tertiary/aromatic N) is 4. The van der Waals surface area contributed by atoms with Crippen LogP contribution in [0.5, 0.6) is 11.5 Å². The van der Waals surface area contributed by atoms with Crippen molar-refractivity contribution in [3.63, 3.8) is 0 Å². The number of hydrogen-bond acceptors (Lipinski definition) is 6. The maximum atomic E-state index is 12.5.